The fourth-order valence-corrected chi connectivity index (χ4v) is 7.92. The predicted octanol–water partition coefficient (Wildman–Crippen LogP) is 4.56. The SMILES string of the molecule is CN(C)c1ccc([C@H]2CC3C(CC[C@]3(CCCO)NCC=O)C3=C2C2CCC(=O)C=C2CC3)cc1. The number of aliphatic hydroxyl groups excluding tert-OH is 1. The molecule has 0 heterocycles. The van der Waals surface area contributed by atoms with Crippen LogP contribution >= 0.6 is 0 Å². The lowest BCUT2D eigenvalue weighted by Crippen LogP contribution is -2.52. The molecular formula is C30H40N2O3. The summed E-state index contributed by atoms with van der Waals surface area (Å²) in [6.45, 7) is 0.565. The number of allylic oxidation sites excluding steroid dienone is 4. The average molecular weight is 477 g/mol. The maximum Gasteiger partial charge on any atom is 0.155 e. The van der Waals surface area contributed by atoms with Gasteiger partial charge < -0.3 is 20.1 Å². The number of aliphatic hydroxyl groups is 1. The molecule has 1 saturated carbocycles. The van der Waals surface area contributed by atoms with Gasteiger partial charge in [-0.2, -0.15) is 0 Å². The lowest BCUT2D eigenvalue weighted by atomic mass is 9.58. The number of rotatable bonds is 8. The second-order valence-corrected chi connectivity index (χ2v) is 11.3. The van der Waals surface area contributed by atoms with Crippen LogP contribution in [-0.4, -0.2) is 50.0 Å². The van der Waals surface area contributed by atoms with Crippen LogP contribution in [0.1, 0.15) is 69.3 Å². The number of anilines is 1. The van der Waals surface area contributed by atoms with Crippen molar-refractivity contribution in [3.63, 3.8) is 0 Å². The van der Waals surface area contributed by atoms with E-state index in [-0.39, 0.29) is 12.1 Å². The van der Waals surface area contributed by atoms with Crippen molar-refractivity contribution in [2.75, 3.05) is 32.1 Å². The van der Waals surface area contributed by atoms with E-state index in [0.29, 0.717) is 42.4 Å². The first-order valence-corrected chi connectivity index (χ1v) is 13.5. The number of nitrogens with zero attached hydrogens (tertiary/aromatic N) is 1. The summed E-state index contributed by atoms with van der Waals surface area (Å²) in [5.74, 6) is 2.05. The number of hydrogen-bond acceptors (Lipinski definition) is 5. The van der Waals surface area contributed by atoms with E-state index in [2.05, 4.69) is 48.6 Å². The highest BCUT2D eigenvalue weighted by Gasteiger charge is 2.54. The van der Waals surface area contributed by atoms with Crippen LogP contribution < -0.4 is 10.2 Å². The monoisotopic (exact) mass is 476 g/mol. The van der Waals surface area contributed by atoms with Crippen LogP contribution in [0.5, 0.6) is 0 Å². The molecule has 1 fully saturated rings. The molecule has 0 spiro atoms. The van der Waals surface area contributed by atoms with Gasteiger partial charge in [0.15, 0.2) is 5.78 Å². The lowest BCUT2D eigenvalue weighted by molar-refractivity contribution is -0.115. The third kappa shape index (κ3) is 4.42. The minimum atomic E-state index is -0.0900. The third-order valence-corrected chi connectivity index (χ3v) is 9.44. The van der Waals surface area contributed by atoms with E-state index >= 15 is 0 Å². The summed E-state index contributed by atoms with van der Waals surface area (Å²) in [6, 6.07) is 9.06. The molecular weight excluding hydrogens is 436 g/mol. The Labute approximate surface area is 209 Å². The standard InChI is InChI=1S/C30H40N2O3/c1-32(2)22-7-4-20(5-8-22)27-19-28-25(12-14-30(28,13-3-16-33)31-15-17-34)26-10-6-21-18-23(35)9-11-24(21)29(26)27/h4-5,7-8,17-18,24-25,27-28,31,33H,3,6,9-16,19H2,1-2H3/t24?,25?,27-,28?,30+/m1/s1. The second kappa shape index (κ2) is 10.0. The van der Waals surface area contributed by atoms with Gasteiger partial charge in [-0.25, -0.2) is 0 Å². The molecule has 0 amide bonds. The third-order valence-electron chi connectivity index (χ3n) is 9.44. The zero-order valence-electron chi connectivity index (χ0n) is 21.3. The zero-order chi connectivity index (χ0) is 24.6. The number of aldehydes is 1. The van der Waals surface area contributed by atoms with Crippen molar-refractivity contribution >= 4 is 17.8 Å². The number of carbonyl (C=O) groups excluding carboxylic acids is 2. The Morgan fingerprint density at radius 3 is 2.63 bits per heavy atom. The number of hydrogen-bond donors (Lipinski definition) is 2. The van der Waals surface area contributed by atoms with Crippen molar-refractivity contribution in [3.8, 4) is 0 Å². The lowest BCUT2D eigenvalue weighted by Gasteiger charge is -2.49. The molecule has 3 unspecified atom stereocenters. The molecule has 0 aromatic heterocycles. The van der Waals surface area contributed by atoms with Gasteiger partial charge in [-0.3, -0.25) is 4.79 Å². The maximum atomic E-state index is 12.2. The summed E-state index contributed by atoms with van der Waals surface area (Å²) in [4.78, 5) is 25.7. The largest absolute Gasteiger partial charge is 0.396 e. The van der Waals surface area contributed by atoms with Crippen molar-refractivity contribution in [3.05, 3.63) is 52.6 Å². The minimum Gasteiger partial charge on any atom is -0.396 e. The summed E-state index contributed by atoms with van der Waals surface area (Å²) in [6.07, 6.45) is 11.6. The Bertz CT molecular complexity index is 1020. The van der Waals surface area contributed by atoms with Crippen molar-refractivity contribution in [2.24, 2.45) is 17.8 Å². The van der Waals surface area contributed by atoms with Crippen LogP contribution in [0.15, 0.2) is 47.1 Å². The van der Waals surface area contributed by atoms with Gasteiger partial charge in [-0.1, -0.05) is 28.9 Å². The summed E-state index contributed by atoms with van der Waals surface area (Å²) in [7, 11) is 4.15. The molecule has 5 nitrogen and oxygen atoms in total. The zero-order valence-corrected chi connectivity index (χ0v) is 21.3. The van der Waals surface area contributed by atoms with E-state index in [1.54, 1.807) is 11.1 Å². The highest BCUT2D eigenvalue weighted by molar-refractivity contribution is 5.91. The molecule has 0 bridgehead atoms. The van der Waals surface area contributed by atoms with E-state index in [1.807, 2.05) is 6.08 Å². The Balaban J connectivity index is 1.59. The highest BCUT2D eigenvalue weighted by Crippen LogP contribution is 2.60. The van der Waals surface area contributed by atoms with E-state index < -0.39 is 0 Å². The summed E-state index contributed by atoms with van der Waals surface area (Å²) >= 11 is 0. The maximum absolute atomic E-state index is 12.2. The summed E-state index contributed by atoms with van der Waals surface area (Å²) < 4.78 is 0. The number of carbonyl (C=O) groups is 2. The molecule has 35 heavy (non-hydrogen) atoms. The molecule has 0 saturated heterocycles. The van der Waals surface area contributed by atoms with Crippen LogP contribution in [0.4, 0.5) is 5.69 Å². The van der Waals surface area contributed by atoms with E-state index in [4.69, 9.17) is 0 Å². The number of ketones is 1. The summed E-state index contributed by atoms with van der Waals surface area (Å²) in [5.41, 5.74) is 7.11. The van der Waals surface area contributed by atoms with Crippen molar-refractivity contribution < 1.29 is 14.7 Å². The molecule has 2 N–H and O–H groups in total. The average Bonchev–Trinajstić information content (AvgIpc) is 3.24. The van der Waals surface area contributed by atoms with Crippen molar-refractivity contribution in [2.45, 2.75) is 69.2 Å². The first-order valence-electron chi connectivity index (χ1n) is 13.5. The van der Waals surface area contributed by atoms with Crippen LogP contribution in [0.3, 0.4) is 0 Å². The number of fused-ring (bicyclic) bond motifs is 4. The molecule has 0 aliphatic heterocycles. The molecule has 5 atom stereocenters. The molecule has 5 rings (SSSR count). The van der Waals surface area contributed by atoms with Crippen LogP contribution in [0, 0.1) is 17.8 Å². The summed E-state index contributed by atoms with van der Waals surface area (Å²) in [5, 5.41) is 13.3. The normalized spacial score (nSPS) is 32.0. The first-order chi connectivity index (χ1) is 17.0. The second-order valence-electron chi connectivity index (χ2n) is 11.3. The minimum absolute atomic E-state index is 0.0900. The smallest absolute Gasteiger partial charge is 0.155 e. The first kappa shape index (κ1) is 24.5. The van der Waals surface area contributed by atoms with Crippen LogP contribution in [0.2, 0.25) is 0 Å². The van der Waals surface area contributed by atoms with E-state index in [9.17, 15) is 14.7 Å². The molecule has 0 radical (unpaired) electrons. The van der Waals surface area contributed by atoms with Gasteiger partial charge in [0.1, 0.15) is 6.29 Å². The molecule has 1 aromatic carbocycles. The quantitative estimate of drug-likeness (QED) is 0.425. The molecule has 4 aliphatic carbocycles. The van der Waals surface area contributed by atoms with Gasteiger partial charge in [0.2, 0.25) is 0 Å². The van der Waals surface area contributed by atoms with E-state index in [0.717, 1.165) is 57.7 Å². The van der Waals surface area contributed by atoms with Gasteiger partial charge in [0.25, 0.3) is 0 Å². The Morgan fingerprint density at radius 1 is 1.11 bits per heavy atom. The Hall–Kier alpha value is -2.24. The number of benzene rings is 1. The van der Waals surface area contributed by atoms with Crippen LogP contribution in [0.25, 0.3) is 0 Å². The van der Waals surface area contributed by atoms with Gasteiger partial charge in [-0.05, 0) is 87.0 Å². The van der Waals surface area contributed by atoms with Crippen molar-refractivity contribution in [1.29, 1.82) is 0 Å². The molecule has 5 heteroatoms. The fourth-order valence-electron chi connectivity index (χ4n) is 7.92. The topological polar surface area (TPSA) is 69.6 Å². The Kier molecular flexibility index (Phi) is 7.00. The number of nitrogens with one attached hydrogen (secondary N) is 1. The Morgan fingerprint density at radius 2 is 1.91 bits per heavy atom. The highest BCUT2D eigenvalue weighted by atomic mass is 16.3. The van der Waals surface area contributed by atoms with Gasteiger partial charge in [0, 0.05) is 50.2 Å². The van der Waals surface area contributed by atoms with Gasteiger partial charge in [0.05, 0.1) is 6.54 Å². The fraction of sp³-hybridized carbons (Fsp3) is 0.600. The molecule has 4 aliphatic rings. The van der Waals surface area contributed by atoms with Crippen molar-refractivity contribution in [1.82, 2.24) is 5.32 Å². The van der Waals surface area contributed by atoms with Crippen LogP contribution in [-0.2, 0) is 9.59 Å². The molecule has 1 aromatic rings. The molecule has 188 valence electrons. The van der Waals surface area contributed by atoms with Gasteiger partial charge in [-0.15, -0.1) is 0 Å². The van der Waals surface area contributed by atoms with Gasteiger partial charge >= 0.3 is 0 Å². The predicted molar refractivity (Wildman–Crippen MR) is 140 cm³/mol. The van der Waals surface area contributed by atoms with E-state index in [1.165, 1.54) is 16.8 Å².